The number of rotatable bonds is 6. The number of carbonyl (C=O) groups is 1. The van der Waals surface area contributed by atoms with E-state index in [4.69, 9.17) is 0 Å². The molecule has 4 nitrogen and oxygen atoms in total. The number of nitrogens with zero attached hydrogens (tertiary/aromatic N) is 3. The lowest BCUT2D eigenvalue weighted by molar-refractivity contribution is -0.138. The van der Waals surface area contributed by atoms with E-state index in [2.05, 4.69) is 35.6 Å². The van der Waals surface area contributed by atoms with Crippen LogP contribution in [0.25, 0.3) is 0 Å². The molecule has 0 aromatic heterocycles. The first-order valence-corrected chi connectivity index (χ1v) is 8.37. The third-order valence-electron chi connectivity index (χ3n) is 5.13. The zero-order chi connectivity index (χ0) is 14.5. The average Bonchev–Trinajstić information content (AvgIpc) is 2.44. The van der Waals surface area contributed by atoms with Gasteiger partial charge in [-0.25, -0.2) is 0 Å². The minimum absolute atomic E-state index is 0.0678. The molecule has 0 radical (unpaired) electrons. The first-order valence-electron chi connectivity index (χ1n) is 8.37. The Labute approximate surface area is 124 Å². The lowest BCUT2D eigenvalue weighted by Crippen LogP contribution is -2.55. The number of hydrogen-bond donors (Lipinski definition) is 0. The predicted molar refractivity (Wildman–Crippen MR) is 82.7 cm³/mol. The zero-order valence-corrected chi connectivity index (χ0v) is 13.5. The van der Waals surface area contributed by atoms with E-state index >= 15 is 0 Å². The maximum Gasteiger partial charge on any atom is 0.239 e. The Morgan fingerprint density at radius 1 is 1.20 bits per heavy atom. The summed E-state index contributed by atoms with van der Waals surface area (Å²) in [7, 11) is 2.05. The molecule has 2 rings (SSSR count). The summed E-state index contributed by atoms with van der Waals surface area (Å²) in [6.45, 7) is 10.4. The molecule has 2 fully saturated rings. The van der Waals surface area contributed by atoms with Crippen LogP contribution in [-0.2, 0) is 4.79 Å². The van der Waals surface area contributed by atoms with Gasteiger partial charge in [-0.1, -0.05) is 20.3 Å². The molecule has 116 valence electrons. The topological polar surface area (TPSA) is 26.8 Å². The van der Waals surface area contributed by atoms with Gasteiger partial charge >= 0.3 is 0 Å². The average molecular weight is 281 g/mol. The molecule has 1 unspecified atom stereocenters. The Morgan fingerprint density at radius 2 is 1.85 bits per heavy atom. The van der Waals surface area contributed by atoms with E-state index in [0.29, 0.717) is 5.91 Å². The van der Waals surface area contributed by atoms with Crippen molar-refractivity contribution in [2.75, 3.05) is 46.3 Å². The van der Waals surface area contributed by atoms with Gasteiger partial charge in [0.2, 0.25) is 5.91 Å². The number of amides is 1. The van der Waals surface area contributed by atoms with Crippen molar-refractivity contribution in [3.8, 4) is 0 Å². The summed E-state index contributed by atoms with van der Waals surface area (Å²) in [6.07, 6.45) is 5.16. The Hall–Kier alpha value is -0.610. The fraction of sp³-hybridized carbons (Fsp3) is 0.938. The van der Waals surface area contributed by atoms with Crippen LogP contribution in [0.1, 0.15) is 39.5 Å². The summed E-state index contributed by atoms with van der Waals surface area (Å²) < 4.78 is 0. The van der Waals surface area contributed by atoms with E-state index in [0.717, 1.165) is 45.1 Å². The van der Waals surface area contributed by atoms with Gasteiger partial charge in [-0.2, -0.15) is 0 Å². The van der Waals surface area contributed by atoms with Gasteiger partial charge in [0.05, 0.1) is 6.04 Å². The molecule has 1 atom stereocenters. The molecule has 20 heavy (non-hydrogen) atoms. The second-order valence-electron chi connectivity index (χ2n) is 6.42. The molecule has 1 amide bonds. The SMILES string of the molecule is CCC(C(=O)N1CCN(CC2CCC2)CC1)N(C)CC. The molecular formula is C16H31N3O. The third kappa shape index (κ3) is 3.73. The van der Waals surface area contributed by atoms with Gasteiger partial charge < -0.3 is 4.90 Å². The quantitative estimate of drug-likeness (QED) is 0.741. The second-order valence-corrected chi connectivity index (χ2v) is 6.42. The van der Waals surface area contributed by atoms with Crippen LogP contribution >= 0.6 is 0 Å². The van der Waals surface area contributed by atoms with Crippen LogP contribution in [0.15, 0.2) is 0 Å². The van der Waals surface area contributed by atoms with E-state index in [1.807, 2.05) is 0 Å². The van der Waals surface area contributed by atoms with Crippen molar-refractivity contribution >= 4 is 5.91 Å². The zero-order valence-electron chi connectivity index (χ0n) is 13.5. The van der Waals surface area contributed by atoms with Crippen LogP contribution in [0, 0.1) is 5.92 Å². The van der Waals surface area contributed by atoms with Crippen LogP contribution in [0.3, 0.4) is 0 Å². The van der Waals surface area contributed by atoms with Gasteiger partial charge in [0.1, 0.15) is 0 Å². The van der Waals surface area contributed by atoms with Crippen LogP contribution in [0.4, 0.5) is 0 Å². The molecule has 1 aliphatic carbocycles. The molecule has 1 saturated carbocycles. The third-order valence-corrected chi connectivity index (χ3v) is 5.13. The molecule has 0 spiro atoms. The van der Waals surface area contributed by atoms with Gasteiger partial charge in [0.25, 0.3) is 0 Å². The second kappa shape index (κ2) is 7.41. The van der Waals surface area contributed by atoms with Crippen LogP contribution in [0.5, 0.6) is 0 Å². The molecule has 2 aliphatic rings. The molecule has 1 saturated heterocycles. The summed E-state index contributed by atoms with van der Waals surface area (Å²) in [5.41, 5.74) is 0. The van der Waals surface area contributed by atoms with Gasteiger partial charge in [-0.05, 0) is 38.8 Å². The van der Waals surface area contributed by atoms with Crippen LogP contribution < -0.4 is 0 Å². The number of carbonyl (C=O) groups excluding carboxylic acids is 1. The summed E-state index contributed by atoms with van der Waals surface area (Å²) in [5, 5.41) is 0. The summed E-state index contributed by atoms with van der Waals surface area (Å²) >= 11 is 0. The Kier molecular flexibility index (Phi) is 5.85. The van der Waals surface area contributed by atoms with E-state index in [1.165, 1.54) is 25.8 Å². The maximum absolute atomic E-state index is 12.6. The Balaban J connectivity index is 1.78. The van der Waals surface area contributed by atoms with Crippen molar-refractivity contribution < 1.29 is 4.79 Å². The van der Waals surface area contributed by atoms with E-state index in [9.17, 15) is 4.79 Å². The molecule has 0 bridgehead atoms. The van der Waals surface area contributed by atoms with E-state index in [1.54, 1.807) is 0 Å². The fourth-order valence-corrected chi connectivity index (χ4v) is 3.30. The Bertz CT molecular complexity index is 309. The lowest BCUT2D eigenvalue weighted by atomic mass is 9.85. The van der Waals surface area contributed by atoms with E-state index in [-0.39, 0.29) is 6.04 Å². The van der Waals surface area contributed by atoms with Crippen LogP contribution in [-0.4, -0.2) is 73.0 Å². The summed E-state index contributed by atoms with van der Waals surface area (Å²) in [6, 6.07) is 0.0678. The highest BCUT2D eigenvalue weighted by molar-refractivity contribution is 5.82. The highest BCUT2D eigenvalue weighted by Gasteiger charge is 2.29. The fourth-order valence-electron chi connectivity index (χ4n) is 3.30. The van der Waals surface area contributed by atoms with Crippen LogP contribution in [0.2, 0.25) is 0 Å². The molecule has 1 heterocycles. The van der Waals surface area contributed by atoms with Gasteiger partial charge in [0.15, 0.2) is 0 Å². The van der Waals surface area contributed by atoms with E-state index < -0.39 is 0 Å². The first-order chi connectivity index (χ1) is 9.65. The highest BCUT2D eigenvalue weighted by Crippen LogP contribution is 2.27. The summed E-state index contributed by atoms with van der Waals surface area (Å²) in [5.74, 6) is 1.27. The monoisotopic (exact) mass is 281 g/mol. The first kappa shape index (κ1) is 15.8. The molecular weight excluding hydrogens is 250 g/mol. The summed E-state index contributed by atoms with van der Waals surface area (Å²) in [4.78, 5) is 19.4. The molecule has 0 N–H and O–H groups in total. The highest BCUT2D eigenvalue weighted by atomic mass is 16.2. The minimum Gasteiger partial charge on any atom is -0.339 e. The molecule has 1 aliphatic heterocycles. The molecule has 4 heteroatoms. The maximum atomic E-state index is 12.6. The van der Waals surface area contributed by atoms with Crippen molar-refractivity contribution in [1.29, 1.82) is 0 Å². The number of hydrogen-bond acceptors (Lipinski definition) is 3. The van der Waals surface area contributed by atoms with Gasteiger partial charge in [-0.15, -0.1) is 0 Å². The smallest absolute Gasteiger partial charge is 0.239 e. The van der Waals surface area contributed by atoms with Gasteiger partial charge in [0, 0.05) is 32.7 Å². The largest absolute Gasteiger partial charge is 0.339 e. The van der Waals surface area contributed by atoms with Crippen molar-refractivity contribution in [3.05, 3.63) is 0 Å². The Morgan fingerprint density at radius 3 is 2.30 bits per heavy atom. The molecule has 0 aromatic carbocycles. The lowest BCUT2D eigenvalue weighted by Gasteiger charge is -2.40. The normalized spacial score (nSPS) is 22.9. The minimum atomic E-state index is 0.0678. The standard InChI is InChI=1S/C16H31N3O/c1-4-15(17(3)5-2)16(20)19-11-9-18(10-12-19)13-14-7-6-8-14/h14-15H,4-13H2,1-3H3. The van der Waals surface area contributed by atoms with Crippen molar-refractivity contribution in [2.45, 2.75) is 45.6 Å². The van der Waals surface area contributed by atoms with Crippen molar-refractivity contribution in [1.82, 2.24) is 14.7 Å². The number of piperazine rings is 1. The predicted octanol–water partition coefficient (Wildman–Crippen LogP) is 1.66. The van der Waals surface area contributed by atoms with Crippen molar-refractivity contribution in [2.24, 2.45) is 5.92 Å². The molecule has 0 aromatic rings. The van der Waals surface area contributed by atoms with Crippen molar-refractivity contribution in [3.63, 3.8) is 0 Å². The van der Waals surface area contributed by atoms with Gasteiger partial charge in [-0.3, -0.25) is 14.6 Å². The number of likely N-dealkylation sites (N-methyl/N-ethyl adjacent to an activating group) is 1.